The van der Waals surface area contributed by atoms with E-state index < -0.39 is 11.9 Å². The molecular weight excluding hydrogens is 269 g/mol. The number of carboxylic acid groups (broad SMARTS) is 1. The molecule has 0 bridgehead atoms. The summed E-state index contributed by atoms with van der Waals surface area (Å²) in [6.07, 6.45) is 1.39. The fraction of sp³-hybridized carbons (Fsp3) is 0.286. The number of hydrogen-bond donors (Lipinski definition) is 2. The summed E-state index contributed by atoms with van der Waals surface area (Å²) in [7, 11) is 0. The van der Waals surface area contributed by atoms with E-state index in [9.17, 15) is 9.59 Å². The zero-order chi connectivity index (χ0) is 14.3. The summed E-state index contributed by atoms with van der Waals surface area (Å²) < 4.78 is 4.84. The van der Waals surface area contributed by atoms with Gasteiger partial charge in [-0.2, -0.15) is 0 Å². The average Bonchev–Trinajstić information content (AvgIpc) is 2.36. The van der Waals surface area contributed by atoms with Crippen molar-refractivity contribution < 1.29 is 19.4 Å². The van der Waals surface area contributed by atoms with Crippen LogP contribution in [0.15, 0.2) is 30.3 Å². The maximum absolute atomic E-state index is 11.4. The van der Waals surface area contributed by atoms with Crippen LogP contribution in [-0.2, 0) is 14.3 Å². The van der Waals surface area contributed by atoms with Gasteiger partial charge in [0.2, 0.25) is 0 Å². The number of para-hydroxylation sites is 1. The van der Waals surface area contributed by atoms with Crippen LogP contribution in [0.1, 0.15) is 19.4 Å². The van der Waals surface area contributed by atoms with Gasteiger partial charge >= 0.3 is 41.5 Å². The number of aliphatic carboxylic acids is 1. The first-order valence-electron chi connectivity index (χ1n) is 5.94. The van der Waals surface area contributed by atoms with E-state index in [4.69, 9.17) is 9.84 Å². The molecular formula is C14H18NNaO4. The van der Waals surface area contributed by atoms with E-state index in [1.807, 2.05) is 12.1 Å². The predicted molar refractivity (Wildman–Crippen MR) is 80.0 cm³/mol. The van der Waals surface area contributed by atoms with Crippen molar-refractivity contribution in [2.75, 3.05) is 18.5 Å². The average molecular weight is 287 g/mol. The third kappa shape index (κ3) is 6.23. The van der Waals surface area contributed by atoms with Gasteiger partial charge in [-0.05, 0) is 25.5 Å². The maximum atomic E-state index is 11.4. The Kier molecular flexibility index (Phi) is 8.96. The predicted octanol–water partition coefficient (Wildman–Crippen LogP) is 1.50. The number of anilines is 1. The second-order valence-corrected chi connectivity index (χ2v) is 3.87. The molecule has 5 nitrogen and oxygen atoms in total. The molecule has 0 unspecified atom stereocenters. The monoisotopic (exact) mass is 287 g/mol. The Labute approximate surface area is 140 Å². The number of rotatable bonds is 6. The number of carbonyl (C=O) groups excluding carboxylic acids is 1. The molecule has 6 heteroatoms. The Morgan fingerprint density at radius 1 is 1.35 bits per heavy atom. The first kappa shape index (κ1) is 18.7. The van der Waals surface area contributed by atoms with Gasteiger partial charge in [0.05, 0.1) is 6.61 Å². The van der Waals surface area contributed by atoms with Crippen molar-refractivity contribution in [1.82, 2.24) is 0 Å². The molecule has 0 saturated carbocycles. The molecule has 0 aromatic heterocycles. The first-order chi connectivity index (χ1) is 9.04. The second kappa shape index (κ2) is 9.58. The van der Waals surface area contributed by atoms with Gasteiger partial charge < -0.3 is 15.2 Å². The Morgan fingerprint density at radius 2 is 2.00 bits per heavy atom. The van der Waals surface area contributed by atoms with Crippen LogP contribution >= 0.6 is 0 Å². The zero-order valence-corrected chi connectivity index (χ0v) is 11.0. The van der Waals surface area contributed by atoms with Gasteiger partial charge in [-0.3, -0.25) is 4.79 Å². The number of benzene rings is 1. The summed E-state index contributed by atoms with van der Waals surface area (Å²) in [5, 5.41) is 11.5. The molecule has 0 atom stereocenters. The summed E-state index contributed by atoms with van der Waals surface area (Å²) in [5.74, 6) is -1.35. The van der Waals surface area contributed by atoms with E-state index in [1.165, 1.54) is 6.08 Å². The van der Waals surface area contributed by atoms with Crippen LogP contribution < -0.4 is 5.32 Å². The molecule has 0 amide bonds. The number of allylic oxidation sites excluding steroid dienone is 1. The quantitative estimate of drug-likeness (QED) is 0.471. The molecule has 0 heterocycles. The number of esters is 1. The number of nitrogens with one attached hydrogen (secondary N) is 1. The van der Waals surface area contributed by atoms with E-state index in [1.54, 1.807) is 26.0 Å². The third-order valence-corrected chi connectivity index (χ3v) is 2.40. The van der Waals surface area contributed by atoms with Crippen LogP contribution in [0.4, 0.5) is 5.69 Å². The van der Waals surface area contributed by atoms with Crippen molar-refractivity contribution in [3.05, 3.63) is 35.9 Å². The Morgan fingerprint density at radius 3 is 2.60 bits per heavy atom. The van der Waals surface area contributed by atoms with Crippen LogP contribution in [0.2, 0.25) is 0 Å². The Hall–Kier alpha value is -1.30. The van der Waals surface area contributed by atoms with Crippen LogP contribution in [-0.4, -0.2) is 59.8 Å². The summed E-state index contributed by atoms with van der Waals surface area (Å²) >= 11 is 0. The van der Waals surface area contributed by atoms with Crippen LogP contribution in [0.3, 0.4) is 0 Å². The third-order valence-electron chi connectivity index (χ3n) is 2.40. The van der Waals surface area contributed by atoms with Crippen LogP contribution in [0, 0.1) is 0 Å². The number of carboxylic acids is 1. The minimum atomic E-state index is -0.943. The van der Waals surface area contributed by atoms with Gasteiger partial charge in [0.1, 0.15) is 6.54 Å². The van der Waals surface area contributed by atoms with Gasteiger partial charge in [0.15, 0.2) is 0 Å². The van der Waals surface area contributed by atoms with Crippen LogP contribution in [0.5, 0.6) is 0 Å². The molecule has 0 aliphatic rings. The summed E-state index contributed by atoms with van der Waals surface area (Å²) in [4.78, 5) is 22.0. The molecule has 2 N–H and O–H groups in total. The summed E-state index contributed by atoms with van der Waals surface area (Å²) in [6.45, 7) is 3.66. The van der Waals surface area contributed by atoms with Gasteiger partial charge in [-0.15, -0.1) is 0 Å². The number of ether oxygens (including phenoxy) is 1. The van der Waals surface area contributed by atoms with Gasteiger partial charge in [-0.1, -0.05) is 18.2 Å². The second-order valence-electron chi connectivity index (χ2n) is 3.87. The molecule has 20 heavy (non-hydrogen) atoms. The van der Waals surface area contributed by atoms with Crippen LogP contribution in [0.25, 0.3) is 5.57 Å². The molecule has 104 valence electrons. The molecule has 0 fully saturated rings. The molecule has 0 aliphatic carbocycles. The van der Waals surface area contributed by atoms with Gasteiger partial charge in [0, 0.05) is 17.3 Å². The molecule has 0 aliphatic heterocycles. The minimum absolute atomic E-state index is 0. The molecule has 1 rings (SSSR count). The first-order valence-corrected chi connectivity index (χ1v) is 5.94. The van der Waals surface area contributed by atoms with E-state index >= 15 is 0 Å². The molecule has 0 saturated heterocycles. The fourth-order valence-electron chi connectivity index (χ4n) is 1.59. The molecule has 0 radical (unpaired) electrons. The van der Waals surface area contributed by atoms with Crippen molar-refractivity contribution in [2.24, 2.45) is 0 Å². The Balaban J connectivity index is 0.00000361. The van der Waals surface area contributed by atoms with E-state index in [2.05, 4.69) is 5.32 Å². The van der Waals surface area contributed by atoms with Crippen molar-refractivity contribution in [2.45, 2.75) is 13.8 Å². The van der Waals surface area contributed by atoms with Gasteiger partial charge in [0.25, 0.3) is 0 Å². The SMILES string of the molecule is CCOC(=O)/C=C(\C)c1ccccc1NCC(=O)O.[NaH]. The number of carbonyl (C=O) groups is 2. The Bertz CT molecular complexity index is 500. The fourth-order valence-corrected chi connectivity index (χ4v) is 1.59. The standard InChI is InChI=1S/C14H17NO4.Na.H/c1-3-19-14(18)8-10(2)11-6-4-5-7-12(11)15-9-13(16)17;;/h4-8,15H,3,9H2,1-2H3,(H,16,17);;/b10-8+;;. The molecule has 0 spiro atoms. The van der Waals surface area contributed by atoms with E-state index in [0.717, 1.165) is 5.56 Å². The topological polar surface area (TPSA) is 75.6 Å². The van der Waals surface area contributed by atoms with E-state index in [-0.39, 0.29) is 36.1 Å². The molecule has 1 aromatic carbocycles. The van der Waals surface area contributed by atoms with Crippen molar-refractivity contribution in [3.63, 3.8) is 0 Å². The normalized spacial score (nSPS) is 10.4. The van der Waals surface area contributed by atoms with Crippen molar-refractivity contribution in [3.8, 4) is 0 Å². The van der Waals surface area contributed by atoms with E-state index in [0.29, 0.717) is 17.9 Å². The summed E-state index contributed by atoms with van der Waals surface area (Å²) in [6, 6.07) is 7.20. The van der Waals surface area contributed by atoms with Gasteiger partial charge in [-0.25, -0.2) is 4.79 Å². The van der Waals surface area contributed by atoms with Crippen molar-refractivity contribution in [1.29, 1.82) is 0 Å². The summed E-state index contributed by atoms with van der Waals surface area (Å²) in [5.41, 5.74) is 2.16. The number of hydrogen-bond acceptors (Lipinski definition) is 4. The zero-order valence-electron chi connectivity index (χ0n) is 11.0. The van der Waals surface area contributed by atoms with Crippen molar-refractivity contribution >= 4 is 52.8 Å². The molecule has 1 aromatic rings.